The van der Waals surface area contributed by atoms with Crippen LogP contribution in [0.1, 0.15) is 29.0 Å². The lowest BCUT2D eigenvalue weighted by molar-refractivity contribution is 0.143. The first-order chi connectivity index (χ1) is 15.8. The molecular weight excluding hydrogens is 396 g/mol. The summed E-state index contributed by atoms with van der Waals surface area (Å²) in [5, 5.41) is 4.95. The molecule has 4 heteroatoms. The van der Waals surface area contributed by atoms with Crippen LogP contribution in [0.2, 0.25) is 0 Å². The number of benzene rings is 3. The van der Waals surface area contributed by atoms with Gasteiger partial charge in [0.1, 0.15) is 6.61 Å². The number of alkyl carbamates (subject to hydrolysis) is 1. The maximum absolute atomic E-state index is 12.2. The largest absolute Gasteiger partial charge is 0.449 e. The topological polar surface area (TPSA) is 51.2 Å². The van der Waals surface area contributed by atoms with E-state index in [1.807, 2.05) is 54.7 Å². The molecule has 1 amide bonds. The van der Waals surface area contributed by atoms with E-state index in [1.54, 1.807) is 6.20 Å². The Hall–Kier alpha value is -4.10. The maximum Gasteiger partial charge on any atom is 0.407 e. The number of nitrogens with zero attached hydrogens (tertiary/aromatic N) is 1. The minimum atomic E-state index is -0.414. The SMILES string of the molecule is O=C(NCCC#Cc1cccc2ccncc12)OCC1c2ccccc2-c2ccccc21. The standard InChI is InChI=1S/C28H22N2O2/c31-28(30-16-6-5-8-20-9-7-10-21-15-17-29-18-26(20)21)32-19-27-24-13-3-1-11-22(24)23-12-2-4-14-25(23)27/h1-4,7,9-15,17-18,27H,6,16,19H2,(H,30,31). The van der Waals surface area contributed by atoms with Gasteiger partial charge in [-0.25, -0.2) is 4.79 Å². The number of hydrogen-bond donors (Lipinski definition) is 1. The predicted molar refractivity (Wildman–Crippen MR) is 126 cm³/mol. The number of carbonyl (C=O) groups excluding carboxylic acids is 1. The van der Waals surface area contributed by atoms with Crippen molar-refractivity contribution in [3.8, 4) is 23.0 Å². The minimum Gasteiger partial charge on any atom is -0.449 e. The maximum atomic E-state index is 12.2. The smallest absolute Gasteiger partial charge is 0.407 e. The van der Waals surface area contributed by atoms with Crippen LogP contribution in [0, 0.1) is 11.8 Å². The Labute approximate surface area is 187 Å². The number of carbonyl (C=O) groups is 1. The van der Waals surface area contributed by atoms with Gasteiger partial charge >= 0.3 is 6.09 Å². The van der Waals surface area contributed by atoms with E-state index in [0.29, 0.717) is 19.6 Å². The first-order valence-corrected chi connectivity index (χ1v) is 10.7. The van der Waals surface area contributed by atoms with E-state index in [9.17, 15) is 4.79 Å². The summed E-state index contributed by atoms with van der Waals surface area (Å²) in [4.78, 5) is 16.4. The Kier molecular flexibility index (Phi) is 5.55. The zero-order valence-electron chi connectivity index (χ0n) is 17.5. The number of pyridine rings is 1. The average molecular weight is 418 g/mol. The van der Waals surface area contributed by atoms with E-state index < -0.39 is 6.09 Å². The number of aromatic nitrogens is 1. The van der Waals surface area contributed by atoms with Crippen molar-refractivity contribution in [3.63, 3.8) is 0 Å². The van der Waals surface area contributed by atoms with Crippen molar-refractivity contribution in [2.75, 3.05) is 13.2 Å². The van der Waals surface area contributed by atoms with Crippen LogP contribution in [0.15, 0.2) is 85.2 Å². The van der Waals surface area contributed by atoms with Gasteiger partial charge in [0, 0.05) is 42.2 Å². The number of hydrogen-bond acceptors (Lipinski definition) is 3. The second kappa shape index (κ2) is 8.95. The van der Waals surface area contributed by atoms with E-state index in [1.165, 1.54) is 22.3 Å². The fourth-order valence-corrected chi connectivity index (χ4v) is 4.26. The van der Waals surface area contributed by atoms with Crippen LogP contribution >= 0.6 is 0 Å². The molecule has 0 saturated carbocycles. The van der Waals surface area contributed by atoms with Crippen molar-refractivity contribution >= 4 is 16.9 Å². The molecule has 0 saturated heterocycles. The quantitative estimate of drug-likeness (QED) is 0.351. The second-order valence-corrected chi connectivity index (χ2v) is 7.71. The summed E-state index contributed by atoms with van der Waals surface area (Å²) < 4.78 is 5.56. The Balaban J connectivity index is 1.16. The van der Waals surface area contributed by atoms with Crippen LogP contribution in [-0.4, -0.2) is 24.2 Å². The van der Waals surface area contributed by atoms with Crippen molar-refractivity contribution < 1.29 is 9.53 Å². The van der Waals surface area contributed by atoms with Gasteiger partial charge in [0.2, 0.25) is 0 Å². The molecule has 0 atom stereocenters. The third kappa shape index (κ3) is 3.93. The van der Waals surface area contributed by atoms with Crippen LogP contribution in [0.3, 0.4) is 0 Å². The summed E-state index contributed by atoms with van der Waals surface area (Å²) in [5.41, 5.74) is 5.79. The lowest BCUT2D eigenvalue weighted by Gasteiger charge is -2.14. The molecule has 1 aliphatic carbocycles. The highest BCUT2D eigenvalue weighted by Crippen LogP contribution is 2.44. The first kappa shape index (κ1) is 19.8. The molecule has 156 valence electrons. The average Bonchev–Trinajstić information content (AvgIpc) is 3.16. The van der Waals surface area contributed by atoms with Crippen LogP contribution in [-0.2, 0) is 4.74 Å². The molecule has 0 bridgehead atoms. The molecule has 4 nitrogen and oxygen atoms in total. The monoisotopic (exact) mass is 418 g/mol. The predicted octanol–water partition coefficient (Wildman–Crippen LogP) is 5.52. The highest BCUT2D eigenvalue weighted by Gasteiger charge is 2.28. The Bertz CT molecular complexity index is 1300. The summed E-state index contributed by atoms with van der Waals surface area (Å²) >= 11 is 0. The van der Waals surface area contributed by atoms with Crippen molar-refractivity contribution in [3.05, 3.63) is 102 Å². The lowest BCUT2D eigenvalue weighted by Crippen LogP contribution is -2.26. The molecule has 0 fully saturated rings. The van der Waals surface area contributed by atoms with Crippen LogP contribution < -0.4 is 5.32 Å². The summed E-state index contributed by atoms with van der Waals surface area (Å²) in [5.74, 6) is 6.37. The van der Waals surface area contributed by atoms with Crippen LogP contribution in [0.4, 0.5) is 4.79 Å². The molecule has 1 N–H and O–H groups in total. The van der Waals surface area contributed by atoms with Gasteiger partial charge in [-0.2, -0.15) is 0 Å². The number of amides is 1. The number of nitrogens with one attached hydrogen (secondary N) is 1. The summed E-state index contributed by atoms with van der Waals surface area (Å²) in [7, 11) is 0. The molecule has 3 aromatic carbocycles. The molecule has 4 aromatic rings. The molecule has 0 aliphatic heterocycles. The van der Waals surface area contributed by atoms with E-state index in [-0.39, 0.29) is 5.92 Å². The van der Waals surface area contributed by atoms with Gasteiger partial charge in [0.25, 0.3) is 0 Å². The van der Waals surface area contributed by atoms with Gasteiger partial charge < -0.3 is 10.1 Å². The van der Waals surface area contributed by atoms with Gasteiger partial charge in [-0.15, -0.1) is 0 Å². The highest BCUT2D eigenvalue weighted by molar-refractivity contribution is 5.87. The number of ether oxygens (including phenoxy) is 1. The molecule has 0 unspecified atom stereocenters. The van der Waals surface area contributed by atoms with Crippen molar-refractivity contribution in [2.24, 2.45) is 0 Å². The van der Waals surface area contributed by atoms with Crippen LogP contribution in [0.5, 0.6) is 0 Å². The molecule has 5 rings (SSSR count). The fourth-order valence-electron chi connectivity index (χ4n) is 4.26. The Morgan fingerprint density at radius 2 is 1.69 bits per heavy atom. The van der Waals surface area contributed by atoms with Crippen molar-refractivity contribution in [2.45, 2.75) is 12.3 Å². The first-order valence-electron chi connectivity index (χ1n) is 10.7. The van der Waals surface area contributed by atoms with E-state index in [4.69, 9.17) is 4.74 Å². The third-order valence-electron chi connectivity index (χ3n) is 5.77. The third-order valence-corrected chi connectivity index (χ3v) is 5.77. The Morgan fingerprint density at radius 3 is 2.47 bits per heavy atom. The minimum absolute atomic E-state index is 0.0629. The van der Waals surface area contributed by atoms with Gasteiger partial charge in [-0.05, 0) is 39.8 Å². The van der Waals surface area contributed by atoms with Gasteiger partial charge in [0.15, 0.2) is 0 Å². The van der Waals surface area contributed by atoms with Gasteiger partial charge in [-0.1, -0.05) is 72.5 Å². The van der Waals surface area contributed by atoms with E-state index in [2.05, 4.69) is 46.4 Å². The lowest BCUT2D eigenvalue weighted by atomic mass is 9.98. The summed E-state index contributed by atoms with van der Waals surface area (Å²) in [6.45, 7) is 0.751. The normalized spacial score (nSPS) is 11.9. The fraction of sp³-hybridized carbons (Fsp3) is 0.143. The van der Waals surface area contributed by atoms with E-state index in [0.717, 1.165) is 16.3 Å². The summed E-state index contributed by atoms with van der Waals surface area (Å²) in [6.07, 6.45) is 3.73. The second-order valence-electron chi connectivity index (χ2n) is 7.71. The molecule has 0 radical (unpaired) electrons. The molecule has 1 aliphatic rings. The zero-order chi connectivity index (χ0) is 21.8. The zero-order valence-corrected chi connectivity index (χ0v) is 17.5. The molecule has 0 spiro atoms. The molecule has 32 heavy (non-hydrogen) atoms. The number of fused-ring (bicyclic) bond motifs is 4. The van der Waals surface area contributed by atoms with Crippen LogP contribution in [0.25, 0.3) is 21.9 Å². The molecular formula is C28H22N2O2. The molecule has 1 aromatic heterocycles. The molecule has 1 heterocycles. The number of rotatable bonds is 4. The summed E-state index contributed by atoms with van der Waals surface area (Å²) in [6, 6.07) is 24.6. The highest BCUT2D eigenvalue weighted by atomic mass is 16.5. The Morgan fingerprint density at radius 1 is 0.938 bits per heavy atom. The van der Waals surface area contributed by atoms with Gasteiger partial charge in [0.05, 0.1) is 0 Å². The van der Waals surface area contributed by atoms with Gasteiger partial charge in [-0.3, -0.25) is 4.98 Å². The van der Waals surface area contributed by atoms with E-state index >= 15 is 0 Å². The van der Waals surface area contributed by atoms with Crippen molar-refractivity contribution in [1.82, 2.24) is 10.3 Å². The van der Waals surface area contributed by atoms with Crippen molar-refractivity contribution in [1.29, 1.82) is 0 Å².